The lowest BCUT2D eigenvalue weighted by atomic mass is 10.3. The second-order valence-corrected chi connectivity index (χ2v) is 3.17. The third-order valence-electron chi connectivity index (χ3n) is 1.77. The zero-order valence-corrected chi connectivity index (χ0v) is 9.58. The van der Waals surface area contributed by atoms with Gasteiger partial charge in [-0.1, -0.05) is 0 Å². The molecule has 1 aromatic rings. The average molecular weight is 287 g/mol. The molecule has 0 radical (unpaired) electrons. The van der Waals surface area contributed by atoms with E-state index in [1.54, 1.807) is 0 Å². The topological polar surface area (TPSA) is 74.5 Å². The molecule has 100 valence electrons. The Morgan fingerprint density at radius 2 is 2.17 bits per heavy atom. The molecule has 0 atom stereocenters. The Balaban J connectivity index is 3.30. The van der Waals surface area contributed by atoms with Crippen LogP contribution < -0.4 is 9.47 Å². The van der Waals surface area contributed by atoms with E-state index in [9.17, 15) is 23.3 Å². The van der Waals surface area contributed by atoms with E-state index in [-0.39, 0.29) is 5.69 Å². The minimum absolute atomic E-state index is 0.346. The highest BCUT2D eigenvalue weighted by Crippen LogP contribution is 2.35. The summed E-state index contributed by atoms with van der Waals surface area (Å²) in [5, 5.41) is 10.6. The van der Waals surface area contributed by atoms with Gasteiger partial charge in [-0.25, -0.2) is 4.98 Å². The van der Waals surface area contributed by atoms with Crippen LogP contribution in [-0.4, -0.2) is 23.4 Å². The fourth-order valence-electron chi connectivity index (χ4n) is 1.09. The molecule has 6 nitrogen and oxygen atoms in total. The first-order chi connectivity index (χ1) is 8.28. The van der Waals surface area contributed by atoms with Crippen LogP contribution in [0.25, 0.3) is 0 Å². The molecule has 0 fully saturated rings. The Morgan fingerprint density at radius 1 is 1.56 bits per heavy atom. The van der Waals surface area contributed by atoms with Crippen molar-refractivity contribution < 1.29 is 27.6 Å². The summed E-state index contributed by atoms with van der Waals surface area (Å²) in [4.78, 5) is 13.1. The molecule has 0 saturated heterocycles. The maximum Gasteiger partial charge on any atom is 0.574 e. The van der Waals surface area contributed by atoms with E-state index < -0.39 is 34.5 Å². The molecule has 1 rings (SSSR count). The number of hydrogen-bond donors (Lipinski definition) is 0. The Bertz CT molecular complexity index is 466. The van der Waals surface area contributed by atoms with Gasteiger partial charge in [0.05, 0.1) is 24.0 Å². The number of nitrogens with zero attached hydrogens (tertiary/aromatic N) is 2. The lowest BCUT2D eigenvalue weighted by molar-refractivity contribution is -0.386. The number of nitro groups is 1. The molecule has 0 amide bonds. The standard InChI is InChI=1S/C8H6ClF3N2O4/c1-17-6-2-5(14(15)16)4(3-9)13-7(6)18-8(10,11)12/h2H,3H2,1H3. The van der Waals surface area contributed by atoms with Gasteiger partial charge in [-0.2, -0.15) is 0 Å². The van der Waals surface area contributed by atoms with Crippen molar-refractivity contribution in [2.24, 2.45) is 0 Å². The zero-order chi connectivity index (χ0) is 13.9. The van der Waals surface area contributed by atoms with Gasteiger partial charge in [-0.3, -0.25) is 10.1 Å². The smallest absolute Gasteiger partial charge is 0.491 e. The van der Waals surface area contributed by atoms with Gasteiger partial charge in [0.1, 0.15) is 5.69 Å². The Kier molecular flexibility index (Phi) is 4.17. The third kappa shape index (κ3) is 3.36. The molecular weight excluding hydrogens is 281 g/mol. The summed E-state index contributed by atoms with van der Waals surface area (Å²) >= 11 is 5.37. The molecule has 1 heterocycles. The van der Waals surface area contributed by atoms with Crippen molar-refractivity contribution in [1.29, 1.82) is 0 Å². The van der Waals surface area contributed by atoms with Crippen molar-refractivity contribution in [3.8, 4) is 11.6 Å². The SMILES string of the molecule is COc1cc([N+](=O)[O-])c(CCl)nc1OC(F)(F)F. The molecule has 1 aromatic heterocycles. The second kappa shape index (κ2) is 5.25. The lowest BCUT2D eigenvalue weighted by Crippen LogP contribution is -2.19. The molecule has 0 spiro atoms. The Labute approximate surface area is 103 Å². The first kappa shape index (κ1) is 14.3. The minimum Gasteiger partial charge on any atom is -0.491 e. The van der Waals surface area contributed by atoms with E-state index in [1.165, 1.54) is 0 Å². The van der Waals surface area contributed by atoms with Crippen LogP contribution in [0, 0.1) is 10.1 Å². The van der Waals surface area contributed by atoms with Gasteiger partial charge in [-0.15, -0.1) is 24.8 Å². The molecule has 0 N–H and O–H groups in total. The molecule has 0 saturated carbocycles. The summed E-state index contributed by atoms with van der Waals surface area (Å²) in [7, 11) is 1.03. The zero-order valence-electron chi connectivity index (χ0n) is 8.82. The van der Waals surface area contributed by atoms with Gasteiger partial charge in [0.2, 0.25) is 0 Å². The molecule has 0 aliphatic heterocycles. The van der Waals surface area contributed by atoms with E-state index in [1.807, 2.05) is 0 Å². The quantitative estimate of drug-likeness (QED) is 0.483. The van der Waals surface area contributed by atoms with Crippen molar-refractivity contribution in [1.82, 2.24) is 4.98 Å². The predicted molar refractivity (Wildman–Crippen MR) is 53.7 cm³/mol. The summed E-state index contributed by atoms with van der Waals surface area (Å²) in [5.41, 5.74) is -0.891. The van der Waals surface area contributed by atoms with E-state index in [4.69, 9.17) is 11.6 Å². The first-order valence-electron chi connectivity index (χ1n) is 4.32. The third-order valence-corrected chi connectivity index (χ3v) is 2.02. The van der Waals surface area contributed by atoms with Crippen LogP contribution in [0.4, 0.5) is 18.9 Å². The highest BCUT2D eigenvalue weighted by Gasteiger charge is 2.34. The van der Waals surface area contributed by atoms with Gasteiger partial charge < -0.3 is 9.47 Å². The lowest BCUT2D eigenvalue weighted by Gasteiger charge is -2.12. The number of aromatic nitrogens is 1. The predicted octanol–water partition coefficient (Wildman–Crippen LogP) is 2.64. The van der Waals surface area contributed by atoms with Crippen LogP contribution in [0.15, 0.2) is 6.07 Å². The number of halogens is 4. The number of ether oxygens (including phenoxy) is 2. The highest BCUT2D eigenvalue weighted by atomic mass is 35.5. The van der Waals surface area contributed by atoms with Crippen LogP contribution in [0.5, 0.6) is 11.6 Å². The van der Waals surface area contributed by atoms with Gasteiger partial charge in [0.25, 0.3) is 11.6 Å². The van der Waals surface area contributed by atoms with Gasteiger partial charge in [0, 0.05) is 0 Å². The largest absolute Gasteiger partial charge is 0.574 e. The van der Waals surface area contributed by atoms with Crippen molar-refractivity contribution in [3.05, 3.63) is 21.9 Å². The second-order valence-electron chi connectivity index (χ2n) is 2.90. The normalized spacial score (nSPS) is 11.2. The molecule has 0 unspecified atom stereocenters. The fourth-order valence-corrected chi connectivity index (χ4v) is 1.29. The van der Waals surface area contributed by atoms with E-state index >= 15 is 0 Å². The van der Waals surface area contributed by atoms with Crippen LogP contribution in [0.3, 0.4) is 0 Å². The van der Waals surface area contributed by atoms with Crippen LogP contribution in [0.1, 0.15) is 5.69 Å². The van der Waals surface area contributed by atoms with Gasteiger partial charge in [-0.05, 0) is 0 Å². The number of methoxy groups -OCH3 is 1. The molecule has 0 aliphatic carbocycles. The number of hydrogen-bond acceptors (Lipinski definition) is 5. The maximum atomic E-state index is 12.1. The fraction of sp³-hybridized carbons (Fsp3) is 0.375. The maximum absolute atomic E-state index is 12.1. The number of alkyl halides is 4. The van der Waals surface area contributed by atoms with Gasteiger partial charge in [0.15, 0.2) is 5.75 Å². The molecule has 10 heteroatoms. The van der Waals surface area contributed by atoms with Crippen LogP contribution in [0.2, 0.25) is 0 Å². The molecule has 0 aromatic carbocycles. The monoisotopic (exact) mass is 286 g/mol. The summed E-state index contributed by atoms with van der Waals surface area (Å²) in [6.07, 6.45) is -4.99. The summed E-state index contributed by atoms with van der Waals surface area (Å²) in [6.45, 7) is 0. The van der Waals surface area contributed by atoms with Crippen LogP contribution >= 0.6 is 11.6 Å². The number of pyridine rings is 1. The van der Waals surface area contributed by atoms with E-state index in [0.29, 0.717) is 0 Å². The molecule has 0 bridgehead atoms. The van der Waals surface area contributed by atoms with E-state index in [2.05, 4.69) is 14.5 Å². The van der Waals surface area contributed by atoms with Crippen molar-refractivity contribution in [3.63, 3.8) is 0 Å². The molecule has 18 heavy (non-hydrogen) atoms. The van der Waals surface area contributed by atoms with Crippen molar-refractivity contribution >= 4 is 17.3 Å². The van der Waals surface area contributed by atoms with Crippen LogP contribution in [-0.2, 0) is 5.88 Å². The average Bonchev–Trinajstić information content (AvgIpc) is 2.25. The van der Waals surface area contributed by atoms with E-state index in [0.717, 1.165) is 13.2 Å². The Morgan fingerprint density at radius 3 is 2.56 bits per heavy atom. The summed E-state index contributed by atoms with van der Waals surface area (Å²) < 4.78 is 44.3. The minimum atomic E-state index is -4.99. The summed E-state index contributed by atoms with van der Waals surface area (Å²) in [5.74, 6) is -1.87. The van der Waals surface area contributed by atoms with Gasteiger partial charge >= 0.3 is 6.36 Å². The Hall–Kier alpha value is -1.77. The molecular formula is C8H6ClF3N2O4. The summed E-state index contributed by atoms with van der Waals surface area (Å²) in [6, 6.07) is 0.770. The first-order valence-corrected chi connectivity index (χ1v) is 4.86. The van der Waals surface area contributed by atoms with Crippen molar-refractivity contribution in [2.75, 3.05) is 7.11 Å². The van der Waals surface area contributed by atoms with Crippen molar-refractivity contribution in [2.45, 2.75) is 12.2 Å². The molecule has 0 aliphatic rings. The highest BCUT2D eigenvalue weighted by molar-refractivity contribution is 6.17. The number of rotatable bonds is 4.